The summed E-state index contributed by atoms with van der Waals surface area (Å²) in [6.07, 6.45) is 11.2. The van der Waals surface area contributed by atoms with Crippen molar-refractivity contribution in [2.45, 2.75) is 37.9 Å². The summed E-state index contributed by atoms with van der Waals surface area (Å²) in [4.78, 5) is 18.1. The van der Waals surface area contributed by atoms with Gasteiger partial charge in [0.2, 0.25) is 0 Å². The van der Waals surface area contributed by atoms with Crippen LogP contribution in [0.15, 0.2) is 36.5 Å². The molecule has 3 atom stereocenters. The molecule has 1 saturated carbocycles. The molecule has 0 radical (unpaired) electrons. The number of aromatic hydroxyl groups is 1. The fourth-order valence-electron chi connectivity index (χ4n) is 7.21. The number of aromatic nitrogens is 3. The molecule has 3 unspecified atom stereocenters. The van der Waals surface area contributed by atoms with Gasteiger partial charge in [-0.2, -0.15) is 4.98 Å². The number of aliphatic hydroxyl groups excluding tert-OH is 1. The Kier molecular flexibility index (Phi) is 6.83. The number of methoxy groups -OCH3 is 1. The number of fused-ring (bicyclic) bond motifs is 3. The summed E-state index contributed by atoms with van der Waals surface area (Å²) in [6.45, 7) is 3.61. The highest BCUT2D eigenvalue weighted by molar-refractivity contribution is 6.03. The standard InChI is InChI=1S/C26H21FN4O3.C7H12FN/c1-3-17-20(27)5-4-14-6-16(33)7-18(23(14)17)21-8-22-19(10-28-25(30-22)34-2)24(29-21)31-12-26(13-31)9-15(26)11-32;8-6-4-7-2-1-3-9(7)5-6/h1,4-8,10,15,32-33H,9,11-13H2,2H3;6-7H,1-5H2. The van der Waals surface area contributed by atoms with Crippen LogP contribution in [0, 0.1) is 29.5 Å². The molecule has 4 aliphatic rings. The van der Waals surface area contributed by atoms with E-state index in [1.807, 2.05) is 0 Å². The molecule has 10 heteroatoms. The third-order valence-corrected chi connectivity index (χ3v) is 9.54. The molecular formula is C33H33F2N5O3. The first-order valence-corrected chi connectivity index (χ1v) is 14.7. The smallest absolute Gasteiger partial charge is 0.316 e. The Balaban J connectivity index is 0.000000283. The Morgan fingerprint density at radius 2 is 2.05 bits per heavy atom. The minimum atomic E-state index is -0.518. The molecule has 222 valence electrons. The van der Waals surface area contributed by atoms with Crippen LogP contribution in [0.2, 0.25) is 0 Å². The van der Waals surface area contributed by atoms with E-state index in [2.05, 4.69) is 25.7 Å². The van der Waals surface area contributed by atoms with E-state index in [0.717, 1.165) is 37.9 Å². The number of hydrogen-bond acceptors (Lipinski definition) is 8. The number of ether oxygens (including phenoxy) is 1. The number of alkyl halides is 1. The molecule has 1 spiro atoms. The Hall–Kier alpha value is -4.07. The van der Waals surface area contributed by atoms with E-state index in [9.17, 15) is 19.0 Å². The van der Waals surface area contributed by atoms with Gasteiger partial charge in [0.1, 0.15) is 23.6 Å². The van der Waals surface area contributed by atoms with Crippen molar-refractivity contribution in [1.82, 2.24) is 19.9 Å². The lowest BCUT2D eigenvalue weighted by Crippen LogP contribution is -2.50. The quantitative estimate of drug-likeness (QED) is 0.333. The van der Waals surface area contributed by atoms with Gasteiger partial charge in [-0.15, -0.1) is 6.42 Å². The van der Waals surface area contributed by atoms with Crippen molar-refractivity contribution in [1.29, 1.82) is 0 Å². The highest BCUT2D eigenvalue weighted by atomic mass is 19.1. The summed E-state index contributed by atoms with van der Waals surface area (Å²) in [5, 5.41) is 21.8. The molecule has 1 aliphatic carbocycles. The van der Waals surface area contributed by atoms with Crippen molar-refractivity contribution < 1.29 is 23.7 Å². The first kappa shape index (κ1) is 27.7. The zero-order chi connectivity index (χ0) is 29.9. The van der Waals surface area contributed by atoms with E-state index >= 15 is 0 Å². The molecule has 43 heavy (non-hydrogen) atoms. The van der Waals surface area contributed by atoms with E-state index in [-0.39, 0.29) is 29.3 Å². The molecule has 4 fully saturated rings. The van der Waals surface area contributed by atoms with Crippen LogP contribution in [0.25, 0.3) is 32.9 Å². The van der Waals surface area contributed by atoms with Gasteiger partial charge >= 0.3 is 6.01 Å². The summed E-state index contributed by atoms with van der Waals surface area (Å²) in [7, 11) is 1.50. The number of halogens is 2. The second-order valence-electron chi connectivity index (χ2n) is 12.2. The average molecular weight is 586 g/mol. The third kappa shape index (κ3) is 4.81. The fourth-order valence-corrected chi connectivity index (χ4v) is 7.21. The second-order valence-corrected chi connectivity index (χ2v) is 12.2. The molecule has 4 aromatic rings. The highest BCUT2D eigenvalue weighted by Gasteiger charge is 2.61. The maximum atomic E-state index is 14.6. The van der Waals surface area contributed by atoms with Crippen molar-refractivity contribution >= 4 is 27.5 Å². The number of terminal acetylenes is 1. The first-order valence-electron chi connectivity index (χ1n) is 14.7. The van der Waals surface area contributed by atoms with Crippen molar-refractivity contribution in [3.63, 3.8) is 0 Å². The van der Waals surface area contributed by atoms with Crippen molar-refractivity contribution in [3.8, 4) is 35.4 Å². The number of pyridine rings is 1. The zero-order valence-electron chi connectivity index (χ0n) is 23.9. The SMILES string of the molecule is C#Cc1c(F)ccc2cc(O)cc(-c3cc4nc(OC)ncc4c(N4CC5(CC5CO)C4)n3)c12.FC1CC2CCCN2C1. The lowest BCUT2D eigenvalue weighted by molar-refractivity contribution is 0.231. The Morgan fingerprint density at radius 1 is 1.21 bits per heavy atom. The van der Waals surface area contributed by atoms with E-state index < -0.39 is 12.0 Å². The molecule has 8 rings (SSSR count). The lowest BCUT2D eigenvalue weighted by Gasteiger charge is -2.42. The number of benzene rings is 2. The van der Waals surface area contributed by atoms with E-state index in [4.69, 9.17) is 16.1 Å². The molecule has 2 N–H and O–H groups in total. The van der Waals surface area contributed by atoms with Crippen molar-refractivity contribution in [2.75, 3.05) is 44.8 Å². The topological polar surface area (TPSA) is 94.8 Å². The predicted molar refractivity (Wildman–Crippen MR) is 160 cm³/mol. The number of phenols is 1. The van der Waals surface area contributed by atoms with Gasteiger partial charge in [0.05, 0.1) is 29.3 Å². The summed E-state index contributed by atoms with van der Waals surface area (Å²) in [6, 6.07) is 8.57. The number of hydrogen-bond donors (Lipinski definition) is 2. The van der Waals surface area contributed by atoms with Crippen LogP contribution in [0.5, 0.6) is 11.8 Å². The predicted octanol–water partition coefficient (Wildman–Crippen LogP) is 4.69. The Morgan fingerprint density at radius 3 is 2.77 bits per heavy atom. The summed E-state index contributed by atoms with van der Waals surface area (Å²) < 4.78 is 32.4. The zero-order valence-corrected chi connectivity index (χ0v) is 23.9. The van der Waals surface area contributed by atoms with Crippen LogP contribution >= 0.6 is 0 Å². The van der Waals surface area contributed by atoms with E-state index in [1.165, 1.54) is 26.0 Å². The number of anilines is 1. The van der Waals surface area contributed by atoms with Crippen LogP contribution in [0.1, 0.15) is 31.2 Å². The molecule has 0 bridgehead atoms. The number of phenolic OH excluding ortho intramolecular Hbond substituents is 1. The van der Waals surface area contributed by atoms with Gasteiger partial charge < -0.3 is 19.8 Å². The Bertz CT molecular complexity index is 1760. The van der Waals surface area contributed by atoms with Crippen LogP contribution in [-0.4, -0.2) is 82.2 Å². The first-order chi connectivity index (χ1) is 20.8. The highest BCUT2D eigenvalue weighted by Crippen LogP contribution is 2.59. The Labute approximate surface area is 248 Å². The fraction of sp³-hybridized carbons (Fsp3) is 0.424. The molecular weight excluding hydrogens is 552 g/mol. The second kappa shape index (κ2) is 10.6. The molecule has 2 aromatic carbocycles. The number of rotatable bonds is 4. The maximum absolute atomic E-state index is 14.6. The normalized spacial score (nSPS) is 23.5. The van der Waals surface area contributed by atoms with Gasteiger partial charge in [0, 0.05) is 54.8 Å². The largest absolute Gasteiger partial charge is 0.508 e. The number of aliphatic hydroxyl groups is 1. The molecule has 2 aromatic heterocycles. The van der Waals surface area contributed by atoms with Gasteiger partial charge in [0.25, 0.3) is 0 Å². The van der Waals surface area contributed by atoms with Gasteiger partial charge in [-0.25, -0.2) is 18.7 Å². The van der Waals surface area contributed by atoms with Gasteiger partial charge in [-0.1, -0.05) is 12.0 Å². The summed E-state index contributed by atoms with van der Waals surface area (Å²) in [5.41, 5.74) is 1.88. The minimum Gasteiger partial charge on any atom is -0.508 e. The van der Waals surface area contributed by atoms with Crippen molar-refractivity contribution in [3.05, 3.63) is 47.9 Å². The molecule has 5 heterocycles. The summed E-state index contributed by atoms with van der Waals surface area (Å²) >= 11 is 0. The van der Waals surface area contributed by atoms with Crippen LogP contribution in [0.4, 0.5) is 14.6 Å². The van der Waals surface area contributed by atoms with Gasteiger partial charge in [-0.3, -0.25) is 4.90 Å². The molecule has 0 amide bonds. The van der Waals surface area contributed by atoms with Crippen LogP contribution < -0.4 is 9.64 Å². The molecule has 3 saturated heterocycles. The van der Waals surface area contributed by atoms with Gasteiger partial charge in [-0.05, 0) is 67.8 Å². The molecule has 8 nitrogen and oxygen atoms in total. The van der Waals surface area contributed by atoms with Crippen molar-refractivity contribution in [2.24, 2.45) is 11.3 Å². The maximum Gasteiger partial charge on any atom is 0.316 e. The van der Waals surface area contributed by atoms with E-state index in [0.29, 0.717) is 51.9 Å². The van der Waals surface area contributed by atoms with E-state index in [1.54, 1.807) is 30.5 Å². The van der Waals surface area contributed by atoms with Gasteiger partial charge in [0.15, 0.2) is 0 Å². The lowest BCUT2D eigenvalue weighted by atomic mass is 9.93. The average Bonchev–Trinajstić information content (AvgIpc) is 3.41. The third-order valence-electron chi connectivity index (χ3n) is 9.54. The number of nitrogens with zero attached hydrogens (tertiary/aromatic N) is 5. The summed E-state index contributed by atoms with van der Waals surface area (Å²) in [5.74, 6) is 2.98. The monoisotopic (exact) mass is 585 g/mol. The van der Waals surface area contributed by atoms with Crippen LogP contribution in [0.3, 0.4) is 0 Å². The minimum absolute atomic E-state index is 0.0208. The molecule has 3 aliphatic heterocycles. The van der Waals surface area contributed by atoms with Crippen LogP contribution in [-0.2, 0) is 0 Å².